The Labute approximate surface area is 157 Å². The molecule has 1 atom stereocenters. The van der Waals surface area contributed by atoms with Crippen molar-refractivity contribution in [3.05, 3.63) is 114 Å². The maximum Gasteiger partial charge on any atom is 0.268 e. The van der Waals surface area contributed by atoms with E-state index in [0.717, 1.165) is 11.1 Å². The number of aliphatic hydroxyl groups is 1. The molecule has 1 heterocycles. The molecule has 0 saturated carbocycles. The summed E-state index contributed by atoms with van der Waals surface area (Å²) in [5, 5.41) is 11.2. The zero-order valence-electron chi connectivity index (χ0n) is 14.5. The van der Waals surface area contributed by atoms with Crippen molar-refractivity contribution in [3.8, 4) is 0 Å². The first-order valence-electron chi connectivity index (χ1n) is 8.70. The van der Waals surface area contributed by atoms with Crippen LogP contribution in [0.5, 0.6) is 0 Å². The molecule has 27 heavy (non-hydrogen) atoms. The van der Waals surface area contributed by atoms with E-state index in [-0.39, 0.29) is 0 Å². The molecule has 0 fully saturated rings. The lowest BCUT2D eigenvalue weighted by Gasteiger charge is -2.25. The van der Waals surface area contributed by atoms with Crippen molar-refractivity contribution in [2.75, 3.05) is 0 Å². The van der Waals surface area contributed by atoms with Crippen molar-refractivity contribution in [2.45, 2.75) is 12.1 Å². The van der Waals surface area contributed by atoms with Crippen LogP contribution in [0.3, 0.4) is 0 Å². The Balaban J connectivity index is 1.79. The van der Waals surface area contributed by atoms with Gasteiger partial charge in [0.1, 0.15) is 5.82 Å². The minimum Gasteiger partial charge on any atom is -0.372 e. The summed E-state index contributed by atoms with van der Waals surface area (Å²) in [4.78, 5) is 14.8. The molecule has 0 radical (unpaired) electrons. The lowest BCUT2D eigenvalue weighted by molar-refractivity contribution is -0.142. The fourth-order valence-electron chi connectivity index (χ4n) is 3.33. The molecule has 0 saturated heterocycles. The van der Waals surface area contributed by atoms with Crippen LogP contribution in [0, 0.1) is 5.82 Å². The van der Waals surface area contributed by atoms with Gasteiger partial charge in [0.15, 0.2) is 5.60 Å². The number of benzene rings is 3. The molecule has 1 aliphatic heterocycles. The molecule has 134 valence electrons. The first kappa shape index (κ1) is 17.2. The molecule has 1 aliphatic rings. The van der Waals surface area contributed by atoms with E-state index in [1.165, 1.54) is 24.3 Å². The number of carbonyl (C=O) groups is 1. The number of nitrogens with zero attached hydrogens (tertiary/aromatic N) is 1. The van der Waals surface area contributed by atoms with Crippen LogP contribution in [0.2, 0.25) is 0 Å². The fourth-order valence-corrected chi connectivity index (χ4v) is 3.33. The number of rotatable bonds is 4. The Morgan fingerprint density at radius 2 is 1.44 bits per heavy atom. The SMILES string of the molecule is O=C1N(Cc2ccccc2)C(c2ccccc2)=C[C@]1(O)c1ccc(F)cc1. The predicted octanol–water partition coefficient (Wildman–Crippen LogP) is 4.10. The summed E-state index contributed by atoms with van der Waals surface area (Å²) in [6, 6.07) is 24.4. The Morgan fingerprint density at radius 3 is 2.07 bits per heavy atom. The lowest BCUT2D eigenvalue weighted by atomic mass is 9.93. The average Bonchev–Trinajstić information content (AvgIpc) is 2.96. The first-order valence-corrected chi connectivity index (χ1v) is 8.70. The summed E-state index contributed by atoms with van der Waals surface area (Å²) in [6.45, 7) is 0.337. The maximum absolute atomic E-state index is 13.3. The maximum atomic E-state index is 13.3. The number of carbonyl (C=O) groups excluding carboxylic acids is 1. The van der Waals surface area contributed by atoms with E-state index < -0.39 is 17.3 Å². The van der Waals surface area contributed by atoms with Gasteiger partial charge in [-0.3, -0.25) is 4.79 Å². The highest BCUT2D eigenvalue weighted by molar-refractivity contribution is 6.01. The average molecular weight is 359 g/mol. The molecule has 3 aromatic rings. The predicted molar refractivity (Wildman–Crippen MR) is 102 cm³/mol. The van der Waals surface area contributed by atoms with Crippen LogP contribution in [0.25, 0.3) is 5.70 Å². The van der Waals surface area contributed by atoms with Gasteiger partial charge in [-0.2, -0.15) is 0 Å². The number of hydrogen-bond donors (Lipinski definition) is 1. The van der Waals surface area contributed by atoms with Gasteiger partial charge >= 0.3 is 0 Å². The molecular formula is C23H18FNO2. The molecule has 1 amide bonds. The largest absolute Gasteiger partial charge is 0.372 e. The zero-order valence-corrected chi connectivity index (χ0v) is 14.5. The highest BCUT2D eigenvalue weighted by Gasteiger charge is 2.46. The van der Waals surface area contributed by atoms with Gasteiger partial charge in [0.2, 0.25) is 0 Å². The summed E-state index contributed by atoms with van der Waals surface area (Å²) in [5.41, 5.74) is 0.943. The van der Waals surface area contributed by atoms with E-state index in [1.807, 2.05) is 60.7 Å². The van der Waals surface area contributed by atoms with Gasteiger partial charge in [0.05, 0.1) is 12.2 Å². The van der Waals surface area contributed by atoms with Crippen LogP contribution in [-0.4, -0.2) is 15.9 Å². The van der Waals surface area contributed by atoms with Crippen LogP contribution < -0.4 is 0 Å². The summed E-state index contributed by atoms with van der Waals surface area (Å²) in [5.74, 6) is -0.863. The third-order valence-electron chi connectivity index (χ3n) is 4.74. The third kappa shape index (κ3) is 3.15. The van der Waals surface area contributed by atoms with Crippen LogP contribution in [-0.2, 0) is 16.9 Å². The molecule has 0 bridgehead atoms. The molecule has 4 heteroatoms. The fraction of sp³-hybridized carbons (Fsp3) is 0.0870. The summed E-state index contributed by atoms with van der Waals surface area (Å²) >= 11 is 0. The standard InChI is InChI=1S/C23H18FNO2/c24-20-13-11-19(12-14-20)23(27)15-21(18-9-5-2-6-10-18)25(22(23)26)16-17-7-3-1-4-8-17/h1-15,27H,16H2/t23-/m0/s1. The highest BCUT2D eigenvalue weighted by atomic mass is 19.1. The van der Waals surface area contributed by atoms with Crippen LogP contribution in [0.1, 0.15) is 16.7 Å². The lowest BCUT2D eigenvalue weighted by Crippen LogP contribution is -2.38. The van der Waals surface area contributed by atoms with Crippen molar-refractivity contribution in [2.24, 2.45) is 0 Å². The molecule has 3 nitrogen and oxygen atoms in total. The molecule has 3 aromatic carbocycles. The Kier molecular flexibility index (Phi) is 4.34. The van der Waals surface area contributed by atoms with Crippen LogP contribution in [0.4, 0.5) is 4.39 Å². The highest BCUT2D eigenvalue weighted by Crippen LogP contribution is 2.39. The van der Waals surface area contributed by atoms with E-state index >= 15 is 0 Å². The van der Waals surface area contributed by atoms with Gasteiger partial charge in [-0.05, 0) is 34.9 Å². The number of halogens is 1. The smallest absolute Gasteiger partial charge is 0.268 e. The topological polar surface area (TPSA) is 40.5 Å². The Hall–Kier alpha value is -3.24. The molecule has 0 aliphatic carbocycles. The van der Waals surface area contributed by atoms with E-state index in [1.54, 1.807) is 11.0 Å². The van der Waals surface area contributed by atoms with Crippen molar-refractivity contribution < 1.29 is 14.3 Å². The van der Waals surface area contributed by atoms with Crippen molar-refractivity contribution >= 4 is 11.6 Å². The minimum absolute atomic E-state index is 0.337. The van der Waals surface area contributed by atoms with Crippen molar-refractivity contribution in [1.29, 1.82) is 0 Å². The number of hydrogen-bond acceptors (Lipinski definition) is 2. The van der Waals surface area contributed by atoms with E-state index in [0.29, 0.717) is 17.8 Å². The first-order chi connectivity index (χ1) is 13.1. The van der Waals surface area contributed by atoms with Gasteiger partial charge in [-0.25, -0.2) is 4.39 Å². The monoisotopic (exact) mass is 359 g/mol. The Bertz CT molecular complexity index is 984. The van der Waals surface area contributed by atoms with Crippen molar-refractivity contribution in [3.63, 3.8) is 0 Å². The summed E-state index contributed by atoms with van der Waals surface area (Å²) in [7, 11) is 0. The van der Waals surface area contributed by atoms with Gasteiger partial charge in [0, 0.05) is 0 Å². The van der Waals surface area contributed by atoms with E-state index in [4.69, 9.17) is 0 Å². The molecule has 0 unspecified atom stereocenters. The molecular weight excluding hydrogens is 341 g/mol. The van der Waals surface area contributed by atoms with Gasteiger partial charge in [-0.15, -0.1) is 0 Å². The molecule has 1 N–H and O–H groups in total. The summed E-state index contributed by atoms with van der Waals surface area (Å²) < 4.78 is 13.3. The van der Waals surface area contributed by atoms with E-state index in [9.17, 15) is 14.3 Å². The molecule has 4 rings (SSSR count). The third-order valence-corrected chi connectivity index (χ3v) is 4.74. The van der Waals surface area contributed by atoms with Gasteiger partial charge in [-0.1, -0.05) is 72.8 Å². The van der Waals surface area contributed by atoms with Crippen LogP contribution in [0.15, 0.2) is 91.0 Å². The van der Waals surface area contributed by atoms with Crippen LogP contribution >= 0.6 is 0 Å². The van der Waals surface area contributed by atoms with Crippen molar-refractivity contribution in [1.82, 2.24) is 4.90 Å². The minimum atomic E-state index is -1.83. The second kappa shape index (κ2) is 6.82. The second-order valence-electron chi connectivity index (χ2n) is 6.55. The zero-order chi connectivity index (χ0) is 18.9. The van der Waals surface area contributed by atoms with Gasteiger partial charge < -0.3 is 10.0 Å². The van der Waals surface area contributed by atoms with E-state index in [2.05, 4.69) is 0 Å². The Morgan fingerprint density at radius 1 is 0.852 bits per heavy atom. The summed E-state index contributed by atoms with van der Waals surface area (Å²) in [6.07, 6.45) is 1.56. The molecule has 0 spiro atoms. The second-order valence-corrected chi connectivity index (χ2v) is 6.55. The normalized spacial score (nSPS) is 19.3. The molecule has 0 aromatic heterocycles. The number of amides is 1. The van der Waals surface area contributed by atoms with Gasteiger partial charge in [0.25, 0.3) is 5.91 Å². The quantitative estimate of drug-likeness (QED) is 0.762.